The molecule has 3 heterocycles. The van der Waals surface area contributed by atoms with Crippen molar-refractivity contribution < 1.29 is 53.0 Å². The smallest absolute Gasteiger partial charge is 0.302 e. The predicted molar refractivity (Wildman–Crippen MR) is 135 cm³/mol. The highest BCUT2D eigenvalue weighted by atomic mass is 16.6. The number of hydrogen-bond acceptors (Lipinski definition) is 12. The van der Waals surface area contributed by atoms with E-state index < -0.39 is 43.1 Å². The third kappa shape index (κ3) is 4.57. The highest BCUT2D eigenvalue weighted by Crippen LogP contribution is 2.47. The number of aliphatic hydroxyl groups excluding tert-OH is 3. The van der Waals surface area contributed by atoms with E-state index in [1.807, 2.05) is 0 Å². The highest BCUT2D eigenvalue weighted by Gasteiger charge is 2.46. The molecule has 0 unspecified atom stereocenters. The number of aliphatic hydroxyl groups is 3. The molecule has 5 atom stereocenters. The molecular formula is C27H26O12. The summed E-state index contributed by atoms with van der Waals surface area (Å²) in [6.45, 7) is 0.793. The van der Waals surface area contributed by atoms with Gasteiger partial charge in [-0.1, -0.05) is 0 Å². The second-order valence-electron chi connectivity index (χ2n) is 9.07. The summed E-state index contributed by atoms with van der Waals surface area (Å²) >= 11 is 0. The average molecular weight is 542 g/mol. The molecule has 2 aromatic heterocycles. The van der Waals surface area contributed by atoms with E-state index in [1.54, 1.807) is 6.07 Å². The largest absolute Gasteiger partial charge is 0.502 e. The van der Waals surface area contributed by atoms with E-state index in [-0.39, 0.29) is 45.2 Å². The summed E-state index contributed by atoms with van der Waals surface area (Å²) in [6.07, 6.45) is -6.09. The van der Waals surface area contributed by atoms with Gasteiger partial charge in [-0.15, -0.1) is 0 Å². The predicted octanol–water partition coefficient (Wildman–Crippen LogP) is 2.01. The van der Waals surface area contributed by atoms with Crippen LogP contribution in [0.5, 0.6) is 17.2 Å². The van der Waals surface area contributed by atoms with Crippen molar-refractivity contribution in [3.63, 3.8) is 0 Å². The van der Waals surface area contributed by atoms with Gasteiger partial charge in [-0.05, 0) is 18.2 Å². The molecule has 2 aromatic carbocycles. The Balaban J connectivity index is 1.81. The van der Waals surface area contributed by atoms with Crippen LogP contribution in [0.25, 0.3) is 33.3 Å². The van der Waals surface area contributed by atoms with Gasteiger partial charge in [0, 0.05) is 35.6 Å². The van der Waals surface area contributed by atoms with Crippen LogP contribution in [0, 0.1) is 0 Å². The van der Waals surface area contributed by atoms with Crippen molar-refractivity contribution >= 4 is 27.9 Å². The summed E-state index contributed by atoms with van der Waals surface area (Å²) in [5.74, 6) is -0.717. The van der Waals surface area contributed by atoms with E-state index in [1.165, 1.54) is 51.7 Å². The first-order chi connectivity index (χ1) is 18.6. The molecule has 1 saturated heterocycles. The minimum Gasteiger partial charge on any atom is -0.502 e. The van der Waals surface area contributed by atoms with Crippen LogP contribution in [0.3, 0.4) is 0 Å². The number of rotatable bonds is 6. The molecule has 4 aromatic rings. The van der Waals surface area contributed by atoms with E-state index in [4.69, 9.17) is 27.8 Å². The van der Waals surface area contributed by atoms with Crippen LogP contribution in [0.2, 0.25) is 0 Å². The molecule has 39 heavy (non-hydrogen) atoms. The minimum absolute atomic E-state index is 0.0460. The topological polar surface area (TPSA) is 178 Å². The summed E-state index contributed by atoms with van der Waals surface area (Å²) < 4.78 is 33.4. The molecule has 0 radical (unpaired) electrons. The van der Waals surface area contributed by atoms with Gasteiger partial charge in [0.15, 0.2) is 16.9 Å². The molecule has 206 valence electrons. The maximum Gasteiger partial charge on any atom is 0.302 e. The molecule has 0 bridgehead atoms. The lowest BCUT2D eigenvalue weighted by Crippen LogP contribution is -2.55. The van der Waals surface area contributed by atoms with Crippen LogP contribution >= 0.6 is 0 Å². The molecular weight excluding hydrogens is 516 g/mol. The maximum absolute atomic E-state index is 12.4. The summed E-state index contributed by atoms with van der Waals surface area (Å²) in [5.41, 5.74) is 0.512. The lowest BCUT2D eigenvalue weighted by molar-refractivity contribution is -0.234. The fourth-order valence-corrected chi connectivity index (χ4v) is 4.82. The molecule has 12 nitrogen and oxygen atoms in total. The number of methoxy groups -OCH3 is 2. The molecule has 1 aliphatic rings. The van der Waals surface area contributed by atoms with Crippen molar-refractivity contribution in [1.82, 2.24) is 0 Å². The average Bonchev–Trinajstić information content (AvgIpc) is 2.91. The van der Waals surface area contributed by atoms with Crippen molar-refractivity contribution in [1.29, 1.82) is 0 Å². The van der Waals surface area contributed by atoms with Gasteiger partial charge in [0.2, 0.25) is 5.75 Å². The number of phenols is 1. The number of ether oxygens (including phenoxy) is 4. The summed E-state index contributed by atoms with van der Waals surface area (Å²) in [6, 6.07) is 7.05. The molecule has 12 heteroatoms. The van der Waals surface area contributed by atoms with E-state index in [9.17, 15) is 30.0 Å². The first-order valence-corrected chi connectivity index (χ1v) is 11.9. The quantitative estimate of drug-likeness (QED) is 0.261. The number of hydrogen-bond donors (Lipinski definition) is 4. The van der Waals surface area contributed by atoms with Crippen LogP contribution in [-0.2, 0) is 14.3 Å². The molecule has 1 aliphatic heterocycles. The van der Waals surface area contributed by atoms with E-state index in [0.717, 1.165) is 0 Å². The Hall–Kier alpha value is -4.10. The zero-order chi connectivity index (χ0) is 28.0. The summed E-state index contributed by atoms with van der Waals surface area (Å²) in [7, 11) is 2.70. The first-order valence-electron chi connectivity index (χ1n) is 11.9. The number of esters is 1. The number of benzene rings is 2. The van der Waals surface area contributed by atoms with Gasteiger partial charge in [0.05, 0.1) is 25.9 Å². The molecule has 5 rings (SSSR count). The molecule has 0 aliphatic carbocycles. The summed E-state index contributed by atoms with van der Waals surface area (Å²) in [5, 5.41) is 43.7. The van der Waals surface area contributed by atoms with Crippen LogP contribution < -0.4 is 14.9 Å². The van der Waals surface area contributed by atoms with Crippen molar-refractivity contribution in [2.24, 2.45) is 0 Å². The molecule has 4 N–H and O–H groups in total. The maximum atomic E-state index is 12.4. The van der Waals surface area contributed by atoms with Gasteiger partial charge < -0.3 is 48.2 Å². The second-order valence-corrected chi connectivity index (χ2v) is 9.07. The third-order valence-electron chi connectivity index (χ3n) is 6.68. The van der Waals surface area contributed by atoms with Gasteiger partial charge in [0.25, 0.3) is 0 Å². The fourth-order valence-electron chi connectivity index (χ4n) is 4.82. The summed E-state index contributed by atoms with van der Waals surface area (Å²) in [4.78, 5) is 23.8. The van der Waals surface area contributed by atoms with Crippen molar-refractivity contribution in [2.45, 2.75) is 37.4 Å². The first kappa shape index (κ1) is 26.5. The standard InChI is InChI=1S/C27H26O12/c1-11(28)37-10-19-23(31)24(32)25(33)27(39-19)21-14-4-5-36-15-8-13(29)9-16(20(14)15)38-26(21)12-6-17(34-2)22(30)18(7-12)35-3/h4-9,19,23-25,27,30-33H,10H2,1-3H3/t19-,23-,24+,25-,27+/m1/s1. The zero-order valence-electron chi connectivity index (χ0n) is 21.1. The highest BCUT2D eigenvalue weighted by molar-refractivity contribution is 6.08. The van der Waals surface area contributed by atoms with Crippen LogP contribution in [-0.4, -0.2) is 71.6 Å². The van der Waals surface area contributed by atoms with E-state index in [0.29, 0.717) is 16.3 Å². The van der Waals surface area contributed by atoms with Crippen molar-refractivity contribution in [3.8, 4) is 28.6 Å². The van der Waals surface area contributed by atoms with Gasteiger partial charge in [-0.2, -0.15) is 0 Å². The van der Waals surface area contributed by atoms with Crippen LogP contribution in [0.1, 0.15) is 18.6 Å². The Morgan fingerprint density at radius 2 is 1.64 bits per heavy atom. The van der Waals surface area contributed by atoms with Gasteiger partial charge in [0.1, 0.15) is 54.1 Å². The number of phenolic OH excluding ortho intramolecular Hbond substituents is 1. The Bertz CT molecular complexity index is 1580. The molecule has 0 saturated carbocycles. The van der Waals surface area contributed by atoms with Gasteiger partial charge in [-0.3, -0.25) is 9.59 Å². The Morgan fingerprint density at radius 3 is 2.28 bits per heavy atom. The zero-order valence-corrected chi connectivity index (χ0v) is 21.1. The van der Waals surface area contributed by atoms with Crippen LogP contribution in [0.4, 0.5) is 0 Å². The molecule has 0 amide bonds. The monoisotopic (exact) mass is 542 g/mol. The Labute approximate surface area is 220 Å². The van der Waals surface area contributed by atoms with Gasteiger partial charge in [-0.25, -0.2) is 0 Å². The number of carbonyl (C=O) groups excluding carboxylic acids is 1. The third-order valence-corrected chi connectivity index (χ3v) is 6.68. The number of aromatic hydroxyl groups is 1. The van der Waals surface area contributed by atoms with Gasteiger partial charge >= 0.3 is 5.97 Å². The SMILES string of the molecule is COc1cc(-c2oc3cc(=O)cc4occc(c2[C@@H]2O[C@H](COC(C)=O)[C@@H](O)[C@H](O)[C@H]2O)c43)cc(OC)c1O. The normalized spacial score (nSPS) is 23.2. The minimum atomic E-state index is -1.68. The van der Waals surface area contributed by atoms with E-state index in [2.05, 4.69) is 0 Å². The lowest BCUT2D eigenvalue weighted by atomic mass is 9.87. The van der Waals surface area contributed by atoms with Crippen molar-refractivity contribution in [2.75, 3.05) is 20.8 Å². The fraction of sp³-hybridized carbons (Fsp3) is 0.333. The van der Waals surface area contributed by atoms with Crippen molar-refractivity contribution in [3.05, 3.63) is 52.4 Å². The Morgan fingerprint density at radius 1 is 0.974 bits per heavy atom. The molecule has 0 spiro atoms. The van der Waals surface area contributed by atoms with E-state index >= 15 is 0 Å². The second kappa shape index (κ2) is 10.2. The Kier molecular flexibility index (Phi) is 6.95. The number of carbonyl (C=O) groups is 1. The molecule has 1 fully saturated rings. The van der Waals surface area contributed by atoms with Crippen LogP contribution in [0.15, 0.2) is 50.2 Å². The lowest BCUT2D eigenvalue weighted by Gasteiger charge is -2.41.